The number of amides is 2. The summed E-state index contributed by atoms with van der Waals surface area (Å²) < 4.78 is 0. The molecule has 0 unspecified atom stereocenters. The number of carbonyl (C=O) groups is 2. The van der Waals surface area contributed by atoms with Crippen molar-refractivity contribution in [3.8, 4) is 0 Å². The first-order valence-electron chi connectivity index (χ1n) is 8.05. The Morgan fingerprint density at radius 2 is 1.82 bits per heavy atom. The third-order valence-corrected chi connectivity index (χ3v) is 4.91. The second-order valence-corrected chi connectivity index (χ2v) is 7.25. The van der Waals surface area contributed by atoms with Gasteiger partial charge in [0.05, 0.1) is 0 Å². The fourth-order valence-corrected chi connectivity index (χ4v) is 3.70. The Bertz CT molecular complexity index is 656. The van der Waals surface area contributed by atoms with Crippen LogP contribution in [0.25, 0.3) is 0 Å². The topological polar surface area (TPSA) is 49.4 Å². The fraction of sp³-hybridized carbons (Fsp3) is 0.556. The van der Waals surface area contributed by atoms with Crippen molar-refractivity contribution in [2.24, 2.45) is 5.41 Å². The summed E-state index contributed by atoms with van der Waals surface area (Å²) in [7, 11) is 0. The summed E-state index contributed by atoms with van der Waals surface area (Å²) in [4.78, 5) is 26.9. The first-order valence-corrected chi connectivity index (χ1v) is 8.05. The lowest BCUT2D eigenvalue weighted by Gasteiger charge is -2.20. The van der Waals surface area contributed by atoms with Crippen LogP contribution >= 0.6 is 0 Å². The maximum Gasteiger partial charge on any atom is 0.321 e. The summed E-state index contributed by atoms with van der Waals surface area (Å²) in [5, 5.41) is 3.07. The van der Waals surface area contributed by atoms with Crippen molar-refractivity contribution in [2.45, 2.75) is 47.0 Å². The van der Waals surface area contributed by atoms with E-state index in [1.165, 1.54) is 0 Å². The van der Waals surface area contributed by atoms with Crippen molar-refractivity contribution in [2.75, 3.05) is 18.4 Å². The minimum atomic E-state index is -0.381. The highest BCUT2D eigenvalue weighted by Gasteiger charge is 2.40. The second kappa shape index (κ2) is 5.11. The predicted molar refractivity (Wildman–Crippen MR) is 87.6 cm³/mol. The van der Waals surface area contributed by atoms with Crippen LogP contribution in [0, 0.1) is 19.3 Å². The quantitative estimate of drug-likeness (QED) is 0.859. The van der Waals surface area contributed by atoms with Crippen LogP contribution in [0.5, 0.6) is 0 Å². The van der Waals surface area contributed by atoms with Gasteiger partial charge in [-0.05, 0) is 49.8 Å². The number of hydrogen-bond acceptors (Lipinski definition) is 2. The molecule has 1 aromatic rings. The number of ketones is 1. The number of anilines is 1. The number of aryl methyl sites for hydroxylation is 2. The van der Waals surface area contributed by atoms with Crippen molar-refractivity contribution in [3.05, 3.63) is 28.3 Å². The molecule has 0 radical (unpaired) electrons. The average Bonchev–Trinajstić information content (AvgIpc) is 3.02. The average molecular weight is 300 g/mol. The lowest BCUT2D eigenvalue weighted by Crippen LogP contribution is -2.32. The van der Waals surface area contributed by atoms with Gasteiger partial charge in [-0.3, -0.25) is 4.79 Å². The van der Waals surface area contributed by atoms with Crippen LogP contribution in [0.1, 0.15) is 53.7 Å². The molecule has 0 spiro atoms. The molecule has 1 saturated heterocycles. The molecule has 3 rings (SSSR count). The van der Waals surface area contributed by atoms with Crippen LogP contribution in [0.2, 0.25) is 0 Å². The van der Waals surface area contributed by atoms with Crippen molar-refractivity contribution >= 4 is 17.5 Å². The summed E-state index contributed by atoms with van der Waals surface area (Å²) in [6.07, 6.45) is 2.84. The van der Waals surface area contributed by atoms with E-state index in [0.29, 0.717) is 6.42 Å². The van der Waals surface area contributed by atoms with Crippen LogP contribution < -0.4 is 5.32 Å². The highest BCUT2D eigenvalue weighted by molar-refractivity contribution is 6.08. The van der Waals surface area contributed by atoms with Gasteiger partial charge < -0.3 is 10.2 Å². The molecule has 118 valence electrons. The number of likely N-dealkylation sites (tertiary alicyclic amines) is 1. The maximum atomic E-state index is 12.6. The number of benzene rings is 1. The van der Waals surface area contributed by atoms with Crippen molar-refractivity contribution in [1.29, 1.82) is 0 Å². The van der Waals surface area contributed by atoms with Crippen LogP contribution in [0.4, 0.5) is 10.5 Å². The standard InChI is InChI=1S/C18H24N2O2/c1-11-9-12(2)15(19-17(22)20-7-5-6-8-20)13-10-18(3,4)16(21)14(11)13/h9H,5-8,10H2,1-4H3,(H,19,22). The zero-order valence-corrected chi connectivity index (χ0v) is 13.9. The number of Topliss-reactive ketones (excluding diaryl/α,β-unsaturated/α-hetero) is 1. The first-order chi connectivity index (χ1) is 10.3. The van der Waals surface area contributed by atoms with Gasteiger partial charge in [-0.25, -0.2) is 4.79 Å². The molecule has 0 saturated carbocycles. The fourth-order valence-electron chi connectivity index (χ4n) is 3.70. The van der Waals surface area contributed by atoms with Crippen LogP contribution in [0.15, 0.2) is 6.07 Å². The molecule has 2 aliphatic rings. The molecule has 0 atom stereocenters. The van der Waals surface area contributed by atoms with Crippen LogP contribution in [0.3, 0.4) is 0 Å². The summed E-state index contributed by atoms with van der Waals surface area (Å²) >= 11 is 0. The first kappa shape index (κ1) is 15.1. The van der Waals surface area contributed by atoms with Crippen molar-refractivity contribution < 1.29 is 9.59 Å². The van der Waals surface area contributed by atoms with Gasteiger partial charge >= 0.3 is 6.03 Å². The summed E-state index contributed by atoms with van der Waals surface area (Å²) in [5.41, 5.74) is 4.34. The van der Waals surface area contributed by atoms with Gasteiger partial charge in [-0.1, -0.05) is 19.9 Å². The monoisotopic (exact) mass is 300 g/mol. The maximum absolute atomic E-state index is 12.6. The molecule has 4 nitrogen and oxygen atoms in total. The smallest absolute Gasteiger partial charge is 0.321 e. The summed E-state index contributed by atoms with van der Waals surface area (Å²) in [6, 6.07) is 1.97. The Morgan fingerprint density at radius 3 is 2.45 bits per heavy atom. The molecular weight excluding hydrogens is 276 g/mol. The van der Waals surface area contributed by atoms with Gasteiger partial charge in [0, 0.05) is 29.8 Å². The van der Waals surface area contributed by atoms with Crippen LogP contribution in [-0.4, -0.2) is 29.8 Å². The minimum absolute atomic E-state index is 0.0381. The van der Waals surface area contributed by atoms with Gasteiger partial charge in [-0.2, -0.15) is 0 Å². The molecule has 4 heteroatoms. The number of nitrogens with zero attached hydrogens (tertiary/aromatic N) is 1. The lowest BCUT2D eigenvalue weighted by molar-refractivity contribution is 0.0863. The molecule has 1 N–H and O–H groups in total. The van der Waals surface area contributed by atoms with Gasteiger partial charge in [0.2, 0.25) is 0 Å². The highest BCUT2D eigenvalue weighted by Crippen LogP contribution is 2.42. The lowest BCUT2D eigenvalue weighted by atomic mass is 9.88. The van der Waals surface area contributed by atoms with E-state index >= 15 is 0 Å². The molecule has 1 aliphatic carbocycles. The van der Waals surface area contributed by atoms with Crippen molar-refractivity contribution in [1.82, 2.24) is 4.90 Å². The Balaban J connectivity index is 1.99. The van der Waals surface area contributed by atoms with E-state index in [0.717, 1.165) is 53.9 Å². The largest absolute Gasteiger partial charge is 0.325 e. The minimum Gasteiger partial charge on any atom is -0.325 e. The van der Waals surface area contributed by atoms with E-state index in [1.54, 1.807) is 0 Å². The summed E-state index contributed by atoms with van der Waals surface area (Å²) in [6.45, 7) is 9.60. The molecule has 1 aromatic carbocycles. The van der Waals surface area contributed by atoms with Gasteiger partial charge in [-0.15, -0.1) is 0 Å². The number of urea groups is 1. The number of nitrogens with one attached hydrogen (secondary N) is 1. The highest BCUT2D eigenvalue weighted by atomic mass is 16.2. The molecule has 22 heavy (non-hydrogen) atoms. The molecule has 1 heterocycles. The normalized spacial score (nSPS) is 19.5. The van der Waals surface area contributed by atoms with E-state index < -0.39 is 0 Å². The molecule has 1 fully saturated rings. The van der Waals surface area contributed by atoms with E-state index in [1.807, 2.05) is 38.7 Å². The molecule has 2 amide bonds. The summed E-state index contributed by atoms with van der Waals surface area (Å²) in [5.74, 6) is 0.191. The van der Waals surface area contributed by atoms with Crippen molar-refractivity contribution in [3.63, 3.8) is 0 Å². The number of hydrogen-bond donors (Lipinski definition) is 1. The third kappa shape index (κ3) is 2.31. The number of fused-ring (bicyclic) bond motifs is 1. The van der Waals surface area contributed by atoms with Crippen LogP contribution in [-0.2, 0) is 6.42 Å². The molecular formula is C18H24N2O2. The Morgan fingerprint density at radius 1 is 1.18 bits per heavy atom. The molecule has 0 aromatic heterocycles. The van der Waals surface area contributed by atoms with Gasteiger partial charge in [0.25, 0.3) is 0 Å². The second-order valence-electron chi connectivity index (χ2n) is 7.25. The van der Waals surface area contributed by atoms with Gasteiger partial charge in [0.15, 0.2) is 5.78 Å². The van der Waals surface area contributed by atoms with Gasteiger partial charge in [0.1, 0.15) is 0 Å². The third-order valence-electron chi connectivity index (χ3n) is 4.91. The number of carbonyl (C=O) groups excluding carboxylic acids is 2. The molecule has 1 aliphatic heterocycles. The van der Waals surface area contributed by atoms with E-state index in [-0.39, 0.29) is 17.2 Å². The SMILES string of the molecule is Cc1cc(C)c2c(c1NC(=O)N1CCCC1)CC(C)(C)C2=O. The Hall–Kier alpha value is -1.84. The Kier molecular flexibility index (Phi) is 3.50. The van der Waals surface area contributed by atoms with E-state index in [2.05, 4.69) is 5.32 Å². The Labute approximate surface area is 131 Å². The number of rotatable bonds is 1. The predicted octanol–water partition coefficient (Wildman–Crippen LogP) is 3.70. The molecule has 0 bridgehead atoms. The van der Waals surface area contributed by atoms with E-state index in [4.69, 9.17) is 0 Å². The zero-order valence-electron chi connectivity index (χ0n) is 13.9. The van der Waals surface area contributed by atoms with E-state index in [9.17, 15) is 9.59 Å². The zero-order chi connectivity index (χ0) is 16.1.